The normalized spacial score (nSPS) is 15.1. The predicted octanol–water partition coefficient (Wildman–Crippen LogP) is 2.25. The second kappa shape index (κ2) is 9.16. The van der Waals surface area contributed by atoms with Crippen LogP contribution >= 0.6 is 0 Å². The molecule has 1 aliphatic heterocycles. The zero-order chi connectivity index (χ0) is 19.9. The summed E-state index contributed by atoms with van der Waals surface area (Å²) in [6, 6.07) is 11.2. The molecule has 1 unspecified atom stereocenters. The number of hydrogen-bond donors (Lipinski definition) is 1. The molecule has 1 aromatic carbocycles. The van der Waals surface area contributed by atoms with Crippen LogP contribution in [0.5, 0.6) is 0 Å². The van der Waals surface area contributed by atoms with E-state index in [9.17, 15) is 9.59 Å². The van der Waals surface area contributed by atoms with Gasteiger partial charge in [-0.25, -0.2) is 14.8 Å². The highest BCUT2D eigenvalue weighted by molar-refractivity contribution is 5.92. The molecule has 0 saturated carbocycles. The Balaban J connectivity index is 1.61. The number of carbonyl (C=O) groups excluding carboxylic acids is 2. The van der Waals surface area contributed by atoms with Crippen molar-refractivity contribution < 1.29 is 14.3 Å². The Kier molecular flexibility index (Phi) is 6.41. The Morgan fingerprint density at radius 1 is 1.14 bits per heavy atom. The summed E-state index contributed by atoms with van der Waals surface area (Å²) in [7, 11) is 0. The zero-order valence-electron chi connectivity index (χ0n) is 16.2. The van der Waals surface area contributed by atoms with Gasteiger partial charge in [0.1, 0.15) is 5.69 Å². The first-order chi connectivity index (χ1) is 13.6. The summed E-state index contributed by atoms with van der Waals surface area (Å²) in [4.78, 5) is 36.7. The molecular formula is C20H25N5O3. The summed E-state index contributed by atoms with van der Waals surface area (Å²) in [6.45, 7) is 6.32. The van der Waals surface area contributed by atoms with E-state index in [1.54, 1.807) is 24.1 Å². The molecule has 3 rings (SSSR count). The van der Waals surface area contributed by atoms with Crippen molar-refractivity contribution in [2.75, 3.05) is 37.7 Å². The standard InChI is InChI=1S/C20H25N5O3/c1-3-28-20(27)25-13-11-24(12-14-25)19-21-10-9-17(23-19)18(26)22-15(2)16-7-5-4-6-8-16/h4-10,15H,3,11-14H2,1-2H3,(H,22,26). The highest BCUT2D eigenvalue weighted by Crippen LogP contribution is 2.14. The average Bonchev–Trinajstić information content (AvgIpc) is 2.74. The highest BCUT2D eigenvalue weighted by atomic mass is 16.6. The number of nitrogens with zero attached hydrogens (tertiary/aromatic N) is 4. The van der Waals surface area contributed by atoms with Gasteiger partial charge in [0.25, 0.3) is 5.91 Å². The molecule has 1 saturated heterocycles. The monoisotopic (exact) mass is 383 g/mol. The molecule has 2 heterocycles. The maximum absolute atomic E-state index is 12.6. The van der Waals surface area contributed by atoms with Gasteiger partial charge in [-0.1, -0.05) is 30.3 Å². The van der Waals surface area contributed by atoms with E-state index in [-0.39, 0.29) is 18.0 Å². The van der Waals surface area contributed by atoms with Gasteiger partial charge < -0.3 is 19.9 Å². The Hall–Kier alpha value is -3.16. The molecule has 0 spiro atoms. The van der Waals surface area contributed by atoms with Crippen LogP contribution in [0.4, 0.5) is 10.7 Å². The second-order valence-corrected chi connectivity index (χ2v) is 6.52. The maximum Gasteiger partial charge on any atom is 0.409 e. The third kappa shape index (κ3) is 4.76. The molecule has 28 heavy (non-hydrogen) atoms. The molecular weight excluding hydrogens is 358 g/mol. The average molecular weight is 383 g/mol. The van der Waals surface area contributed by atoms with E-state index < -0.39 is 0 Å². The lowest BCUT2D eigenvalue weighted by molar-refractivity contribution is 0.0934. The van der Waals surface area contributed by atoms with Crippen LogP contribution in [-0.4, -0.2) is 59.7 Å². The molecule has 0 bridgehead atoms. The summed E-state index contributed by atoms with van der Waals surface area (Å²) in [6.07, 6.45) is 1.29. The minimum Gasteiger partial charge on any atom is -0.450 e. The summed E-state index contributed by atoms with van der Waals surface area (Å²) < 4.78 is 5.03. The number of nitrogens with one attached hydrogen (secondary N) is 1. The van der Waals surface area contributed by atoms with Crippen molar-refractivity contribution in [2.45, 2.75) is 19.9 Å². The molecule has 8 nitrogen and oxygen atoms in total. The second-order valence-electron chi connectivity index (χ2n) is 6.52. The van der Waals surface area contributed by atoms with E-state index in [0.29, 0.717) is 44.4 Å². The number of ether oxygens (including phenoxy) is 1. The lowest BCUT2D eigenvalue weighted by Gasteiger charge is -2.34. The number of piperazine rings is 1. The molecule has 1 aromatic heterocycles. The van der Waals surface area contributed by atoms with Gasteiger partial charge in [-0.2, -0.15) is 0 Å². The molecule has 2 amide bonds. The number of rotatable bonds is 5. The first-order valence-electron chi connectivity index (χ1n) is 9.44. The van der Waals surface area contributed by atoms with E-state index in [4.69, 9.17) is 4.74 Å². The van der Waals surface area contributed by atoms with Gasteiger partial charge in [0, 0.05) is 32.4 Å². The Bertz CT molecular complexity index is 806. The van der Waals surface area contributed by atoms with Crippen molar-refractivity contribution in [3.8, 4) is 0 Å². The molecule has 0 aliphatic carbocycles. The van der Waals surface area contributed by atoms with Crippen LogP contribution in [0.15, 0.2) is 42.6 Å². The first kappa shape index (κ1) is 19.6. The van der Waals surface area contributed by atoms with Gasteiger partial charge in [-0.3, -0.25) is 4.79 Å². The Morgan fingerprint density at radius 3 is 2.54 bits per heavy atom. The smallest absolute Gasteiger partial charge is 0.409 e. The summed E-state index contributed by atoms with van der Waals surface area (Å²) >= 11 is 0. The molecule has 1 atom stereocenters. The van der Waals surface area contributed by atoms with Gasteiger partial charge in [-0.05, 0) is 25.5 Å². The fourth-order valence-electron chi connectivity index (χ4n) is 3.03. The molecule has 0 radical (unpaired) electrons. The van der Waals surface area contributed by atoms with E-state index >= 15 is 0 Å². The molecule has 8 heteroatoms. The van der Waals surface area contributed by atoms with E-state index in [1.165, 1.54) is 0 Å². The SMILES string of the molecule is CCOC(=O)N1CCN(c2nccc(C(=O)NC(C)c3ccccc3)n2)CC1. The van der Waals surface area contributed by atoms with Crippen LogP contribution in [0, 0.1) is 0 Å². The van der Waals surface area contributed by atoms with E-state index in [2.05, 4.69) is 15.3 Å². The van der Waals surface area contributed by atoms with E-state index in [1.807, 2.05) is 42.2 Å². The number of amides is 2. The van der Waals surface area contributed by atoms with Crippen LogP contribution in [-0.2, 0) is 4.74 Å². The van der Waals surface area contributed by atoms with E-state index in [0.717, 1.165) is 5.56 Å². The fourth-order valence-corrected chi connectivity index (χ4v) is 3.03. The van der Waals surface area contributed by atoms with Gasteiger partial charge in [0.15, 0.2) is 0 Å². The molecule has 2 aromatic rings. The summed E-state index contributed by atoms with van der Waals surface area (Å²) in [5.74, 6) is 0.244. The van der Waals surface area contributed by atoms with Crippen molar-refractivity contribution in [1.29, 1.82) is 0 Å². The first-order valence-corrected chi connectivity index (χ1v) is 9.44. The number of anilines is 1. The Morgan fingerprint density at radius 2 is 1.86 bits per heavy atom. The predicted molar refractivity (Wildman–Crippen MR) is 105 cm³/mol. The van der Waals surface area contributed by atoms with Gasteiger partial charge in [0.2, 0.25) is 5.95 Å². The minimum absolute atomic E-state index is 0.125. The van der Waals surface area contributed by atoms with Crippen molar-refractivity contribution >= 4 is 17.9 Å². The lowest BCUT2D eigenvalue weighted by atomic mass is 10.1. The quantitative estimate of drug-likeness (QED) is 0.852. The molecule has 1 N–H and O–H groups in total. The largest absolute Gasteiger partial charge is 0.450 e. The van der Waals surface area contributed by atoms with Crippen LogP contribution in [0.2, 0.25) is 0 Å². The minimum atomic E-state index is -0.300. The highest BCUT2D eigenvalue weighted by Gasteiger charge is 2.24. The van der Waals surface area contributed by atoms with Crippen LogP contribution < -0.4 is 10.2 Å². The molecule has 148 valence electrons. The maximum atomic E-state index is 12.6. The third-order valence-corrected chi connectivity index (χ3v) is 4.61. The topological polar surface area (TPSA) is 87.7 Å². The number of benzene rings is 1. The lowest BCUT2D eigenvalue weighted by Crippen LogP contribution is -2.49. The number of carbonyl (C=O) groups is 2. The van der Waals surface area contributed by atoms with Crippen LogP contribution in [0.25, 0.3) is 0 Å². The summed E-state index contributed by atoms with van der Waals surface area (Å²) in [5, 5.41) is 2.96. The summed E-state index contributed by atoms with van der Waals surface area (Å²) in [5.41, 5.74) is 1.35. The van der Waals surface area contributed by atoms with Crippen LogP contribution in [0.3, 0.4) is 0 Å². The van der Waals surface area contributed by atoms with Crippen molar-refractivity contribution in [3.63, 3.8) is 0 Å². The van der Waals surface area contributed by atoms with Crippen molar-refractivity contribution in [2.24, 2.45) is 0 Å². The van der Waals surface area contributed by atoms with Crippen molar-refractivity contribution in [1.82, 2.24) is 20.2 Å². The third-order valence-electron chi connectivity index (χ3n) is 4.61. The van der Waals surface area contributed by atoms with Gasteiger partial charge in [0.05, 0.1) is 12.6 Å². The number of hydrogen-bond acceptors (Lipinski definition) is 6. The zero-order valence-corrected chi connectivity index (χ0v) is 16.2. The van der Waals surface area contributed by atoms with Gasteiger partial charge in [-0.15, -0.1) is 0 Å². The molecule has 1 aliphatic rings. The van der Waals surface area contributed by atoms with Crippen molar-refractivity contribution in [3.05, 3.63) is 53.9 Å². The number of aromatic nitrogens is 2. The molecule has 1 fully saturated rings. The van der Waals surface area contributed by atoms with Crippen LogP contribution in [0.1, 0.15) is 35.9 Å². The van der Waals surface area contributed by atoms with Gasteiger partial charge >= 0.3 is 6.09 Å². The fraction of sp³-hybridized carbons (Fsp3) is 0.400. The Labute approximate surface area is 164 Å².